The minimum absolute atomic E-state index is 0.202. The van der Waals surface area contributed by atoms with Crippen LogP contribution in [0.4, 0.5) is 0 Å². The molecule has 0 radical (unpaired) electrons. The zero-order valence-corrected chi connectivity index (χ0v) is 15.5. The van der Waals surface area contributed by atoms with E-state index in [0.717, 1.165) is 29.1 Å². The van der Waals surface area contributed by atoms with Gasteiger partial charge in [-0.3, -0.25) is 4.79 Å². The van der Waals surface area contributed by atoms with Crippen molar-refractivity contribution in [2.45, 2.75) is 32.3 Å². The van der Waals surface area contributed by atoms with E-state index in [9.17, 15) is 4.79 Å². The summed E-state index contributed by atoms with van der Waals surface area (Å²) in [6, 6.07) is 9.43. The van der Waals surface area contributed by atoms with Crippen molar-refractivity contribution in [3.05, 3.63) is 47.3 Å². The SMILES string of the molecule is CCCOc1ccc(C=NNC(=O)CSc2nc(C)cc(C)n2)cc1. The molecule has 0 aliphatic rings. The van der Waals surface area contributed by atoms with E-state index in [1.807, 2.05) is 44.2 Å². The largest absolute Gasteiger partial charge is 0.494 e. The zero-order valence-electron chi connectivity index (χ0n) is 14.7. The Bertz CT molecular complexity index is 712. The average Bonchev–Trinajstić information content (AvgIpc) is 2.58. The summed E-state index contributed by atoms with van der Waals surface area (Å²) < 4.78 is 5.51. The Morgan fingerprint density at radius 2 is 1.92 bits per heavy atom. The molecule has 0 saturated heterocycles. The van der Waals surface area contributed by atoms with Crippen molar-refractivity contribution in [3.63, 3.8) is 0 Å². The first-order valence-corrected chi connectivity index (χ1v) is 9.05. The Balaban J connectivity index is 1.78. The maximum Gasteiger partial charge on any atom is 0.250 e. The van der Waals surface area contributed by atoms with Gasteiger partial charge in [0.25, 0.3) is 5.91 Å². The van der Waals surface area contributed by atoms with Gasteiger partial charge in [-0.15, -0.1) is 0 Å². The van der Waals surface area contributed by atoms with Crippen molar-refractivity contribution in [1.29, 1.82) is 0 Å². The molecule has 7 heteroatoms. The van der Waals surface area contributed by atoms with Gasteiger partial charge >= 0.3 is 0 Å². The van der Waals surface area contributed by atoms with Gasteiger partial charge in [0.05, 0.1) is 18.6 Å². The number of hydrogen-bond donors (Lipinski definition) is 1. The van der Waals surface area contributed by atoms with E-state index in [2.05, 4.69) is 27.4 Å². The van der Waals surface area contributed by atoms with Gasteiger partial charge in [0.2, 0.25) is 0 Å². The van der Waals surface area contributed by atoms with E-state index in [1.54, 1.807) is 6.21 Å². The highest BCUT2D eigenvalue weighted by molar-refractivity contribution is 7.99. The summed E-state index contributed by atoms with van der Waals surface area (Å²) in [6.45, 7) is 6.57. The molecular formula is C18H22N4O2S. The van der Waals surface area contributed by atoms with Crippen LogP contribution >= 0.6 is 11.8 Å². The molecule has 6 nitrogen and oxygen atoms in total. The summed E-state index contributed by atoms with van der Waals surface area (Å²) in [5, 5.41) is 4.56. The van der Waals surface area contributed by atoms with Crippen LogP contribution in [0.15, 0.2) is 40.6 Å². The molecule has 1 amide bonds. The van der Waals surface area contributed by atoms with Crippen LogP contribution in [0.25, 0.3) is 0 Å². The van der Waals surface area contributed by atoms with E-state index < -0.39 is 0 Å². The third-order valence-corrected chi connectivity index (χ3v) is 3.90. The highest BCUT2D eigenvalue weighted by atomic mass is 32.2. The fraction of sp³-hybridized carbons (Fsp3) is 0.333. The van der Waals surface area contributed by atoms with Gasteiger partial charge in [-0.2, -0.15) is 5.10 Å². The predicted molar refractivity (Wildman–Crippen MR) is 100 cm³/mol. The van der Waals surface area contributed by atoms with Crippen molar-refractivity contribution >= 4 is 23.9 Å². The van der Waals surface area contributed by atoms with Gasteiger partial charge < -0.3 is 4.74 Å². The molecule has 0 bridgehead atoms. The highest BCUT2D eigenvalue weighted by Crippen LogP contribution is 2.13. The van der Waals surface area contributed by atoms with Crippen LogP contribution < -0.4 is 10.2 Å². The molecule has 0 fully saturated rings. The molecule has 0 saturated carbocycles. The number of rotatable bonds is 8. The summed E-state index contributed by atoms with van der Waals surface area (Å²) in [5.74, 6) is 0.837. The molecule has 1 N–H and O–H groups in total. The molecule has 0 atom stereocenters. The predicted octanol–water partition coefficient (Wildman–Crippen LogP) is 3.12. The lowest BCUT2D eigenvalue weighted by molar-refractivity contribution is -0.118. The number of carbonyl (C=O) groups is 1. The average molecular weight is 358 g/mol. The molecule has 132 valence electrons. The third kappa shape index (κ3) is 6.93. The summed E-state index contributed by atoms with van der Waals surface area (Å²) in [5.41, 5.74) is 5.16. The fourth-order valence-corrected chi connectivity index (χ4v) is 2.71. The Morgan fingerprint density at radius 3 is 2.56 bits per heavy atom. The second-order valence-corrected chi connectivity index (χ2v) is 6.38. The standard InChI is InChI=1S/C18H22N4O2S/c1-4-9-24-16-7-5-15(6-8-16)11-19-22-17(23)12-25-18-20-13(2)10-14(3)21-18/h5-8,10-11H,4,9,12H2,1-3H3,(H,22,23). The molecule has 0 aliphatic heterocycles. The van der Waals surface area contributed by atoms with E-state index >= 15 is 0 Å². The Labute approximate surface area is 152 Å². The first kappa shape index (κ1) is 18.9. The van der Waals surface area contributed by atoms with Crippen LogP contribution in [-0.4, -0.2) is 34.4 Å². The lowest BCUT2D eigenvalue weighted by atomic mass is 10.2. The smallest absolute Gasteiger partial charge is 0.250 e. The number of hydrazone groups is 1. The zero-order chi connectivity index (χ0) is 18.1. The first-order chi connectivity index (χ1) is 12.1. The second-order valence-electron chi connectivity index (χ2n) is 5.43. The Morgan fingerprint density at radius 1 is 1.24 bits per heavy atom. The van der Waals surface area contributed by atoms with Gasteiger partial charge in [-0.05, 0) is 56.2 Å². The maximum absolute atomic E-state index is 11.8. The van der Waals surface area contributed by atoms with Gasteiger partial charge in [-0.1, -0.05) is 18.7 Å². The summed E-state index contributed by atoms with van der Waals surface area (Å²) in [6.07, 6.45) is 2.57. The summed E-state index contributed by atoms with van der Waals surface area (Å²) in [4.78, 5) is 20.4. The highest BCUT2D eigenvalue weighted by Gasteiger charge is 2.05. The summed E-state index contributed by atoms with van der Waals surface area (Å²) >= 11 is 1.29. The van der Waals surface area contributed by atoms with E-state index in [1.165, 1.54) is 11.8 Å². The van der Waals surface area contributed by atoms with Crippen molar-refractivity contribution < 1.29 is 9.53 Å². The normalized spacial score (nSPS) is 10.8. The monoisotopic (exact) mass is 358 g/mol. The maximum atomic E-state index is 11.8. The van der Waals surface area contributed by atoms with Gasteiger partial charge in [0.15, 0.2) is 5.16 Å². The number of ether oxygens (including phenoxy) is 1. The molecule has 1 heterocycles. The lowest BCUT2D eigenvalue weighted by Gasteiger charge is -2.04. The molecule has 2 rings (SSSR count). The molecule has 1 aromatic heterocycles. The van der Waals surface area contributed by atoms with E-state index in [0.29, 0.717) is 11.8 Å². The van der Waals surface area contributed by atoms with Crippen LogP contribution in [0.1, 0.15) is 30.3 Å². The molecule has 1 aromatic carbocycles. The number of amides is 1. The van der Waals surface area contributed by atoms with Crippen molar-refractivity contribution in [2.24, 2.45) is 5.10 Å². The number of nitrogens with one attached hydrogen (secondary N) is 1. The number of aryl methyl sites for hydroxylation is 2. The van der Waals surface area contributed by atoms with Gasteiger partial charge in [0, 0.05) is 11.4 Å². The minimum atomic E-state index is -0.202. The summed E-state index contributed by atoms with van der Waals surface area (Å²) in [7, 11) is 0. The van der Waals surface area contributed by atoms with Crippen LogP contribution in [0, 0.1) is 13.8 Å². The molecule has 0 unspecified atom stereocenters. The minimum Gasteiger partial charge on any atom is -0.494 e. The van der Waals surface area contributed by atoms with Gasteiger partial charge in [-0.25, -0.2) is 15.4 Å². The fourth-order valence-electron chi connectivity index (χ4n) is 1.97. The van der Waals surface area contributed by atoms with Crippen molar-refractivity contribution in [2.75, 3.05) is 12.4 Å². The topological polar surface area (TPSA) is 76.5 Å². The van der Waals surface area contributed by atoms with Crippen molar-refractivity contribution in [3.8, 4) is 5.75 Å². The molecule has 0 spiro atoms. The Kier molecular flexibility index (Phi) is 7.40. The van der Waals surface area contributed by atoms with Crippen LogP contribution in [0.5, 0.6) is 5.75 Å². The number of nitrogens with zero attached hydrogens (tertiary/aromatic N) is 3. The molecular weight excluding hydrogens is 336 g/mol. The van der Waals surface area contributed by atoms with Crippen molar-refractivity contribution in [1.82, 2.24) is 15.4 Å². The van der Waals surface area contributed by atoms with E-state index in [4.69, 9.17) is 4.74 Å². The van der Waals surface area contributed by atoms with Crippen LogP contribution in [-0.2, 0) is 4.79 Å². The van der Waals surface area contributed by atoms with E-state index in [-0.39, 0.29) is 11.7 Å². The quantitative estimate of drug-likeness (QED) is 0.340. The molecule has 0 aliphatic carbocycles. The lowest BCUT2D eigenvalue weighted by Crippen LogP contribution is -2.19. The molecule has 25 heavy (non-hydrogen) atoms. The number of hydrogen-bond acceptors (Lipinski definition) is 6. The van der Waals surface area contributed by atoms with Crippen LogP contribution in [0.3, 0.4) is 0 Å². The Hall–Kier alpha value is -2.41. The number of carbonyl (C=O) groups excluding carboxylic acids is 1. The van der Waals surface area contributed by atoms with Gasteiger partial charge in [0.1, 0.15) is 5.75 Å². The number of thioether (sulfide) groups is 1. The first-order valence-electron chi connectivity index (χ1n) is 8.06. The molecule has 2 aromatic rings. The third-order valence-electron chi connectivity index (χ3n) is 3.05. The second kappa shape index (κ2) is 9.78. The number of benzene rings is 1. The number of aromatic nitrogens is 2. The van der Waals surface area contributed by atoms with Crippen LogP contribution in [0.2, 0.25) is 0 Å².